The van der Waals surface area contributed by atoms with Gasteiger partial charge in [-0.25, -0.2) is 0 Å². The lowest BCUT2D eigenvalue weighted by Gasteiger charge is -2.38. The second-order valence-corrected chi connectivity index (χ2v) is 5.03. The largest absolute Gasteiger partial charge is 0.377 e. The molecule has 1 aromatic rings. The minimum Gasteiger partial charge on any atom is -0.377 e. The lowest BCUT2D eigenvalue weighted by molar-refractivity contribution is 0.0916. The Morgan fingerprint density at radius 2 is 2.22 bits per heavy atom. The molecule has 0 spiro atoms. The monoisotopic (exact) mass is 248 g/mol. The number of benzene rings is 1. The van der Waals surface area contributed by atoms with Crippen molar-refractivity contribution in [3.05, 3.63) is 29.3 Å². The number of rotatable bonds is 4. The molecule has 1 aliphatic heterocycles. The van der Waals surface area contributed by atoms with E-state index in [1.807, 2.05) is 7.05 Å². The summed E-state index contributed by atoms with van der Waals surface area (Å²) in [4.78, 5) is 2.52. The Bertz CT molecular complexity index is 392. The Hall–Kier alpha value is -1.06. The van der Waals surface area contributed by atoms with Crippen LogP contribution in [0, 0.1) is 13.8 Å². The molecule has 3 heteroatoms. The van der Waals surface area contributed by atoms with E-state index in [1.54, 1.807) is 0 Å². The molecule has 1 unspecified atom stereocenters. The molecular weight excluding hydrogens is 224 g/mol. The van der Waals surface area contributed by atoms with Crippen LogP contribution in [0.15, 0.2) is 18.2 Å². The number of nitrogens with zero attached hydrogens (tertiary/aromatic N) is 1. The van der Waals surface area contributed by atoms with Gasteiger partial charge in [-0.05, 0) is 51.1 Å². The van der Waals surface area contributed by atoms with Crippen LogP contribution in [0.5, 0.6) is 0 Å². The van der Waals surface area contributed by atoms with Gasteiger partial charge in [-0.3, -0.25) is 0 Å². The SMILES string of the molecule is CNCCC1COCCN1c1cccc(C)c1C. The molecule has 3 nitrogen and oxygen atoms in total. The summed E-state index contributed by atoms with van der Waals surface area (Å²) in [7, 11) is 2.01. The summed E-state index contributed by atoms with van der Waals surface area (Å²) in [6.07, 6.45) is 1.13. The van der Waals surface area contributed by atoms with E-state index in [9.17, 15) is 0 Å². The van der Waals surface area contributed by atoms with E-state index in [4.69, 9.17) is 4.74 Å². The van der Waals surface area contributed by atoms with Crippen LogP contribution in [-0.4, -0.2) is 39.4 Å². The molecule has 100 valence electrons. The highest BCUT2D eigenvalue weighted by Gasteiger charge is 2.23. The molecule has 1 aliphatic rings. The molecule has 0 aromatic heterocycles. The molecule has 1 atom stereocenters. The Morgan fingerprint density at radius 1 is 1.39 bits per heavy atom. The van der Waals surface area contributed by atoms with Crippen LogP contribution in [0.25, 0.3) is 0 Å². The summed E-state index contributed by atoms with van der Waals surface area (Å²) < 4.78 is 5.63. The fourth-order valence-electron chi connectivity index (χ4n) is 2.57. The maximum atomic E-state index is 5.63. The van der Waals surface area contributed by atoms with Crippen LogP contribution >= 0.6 is 0 Å². The predicted molar refractivity (Wildman–Crippen MR) is 76.4 cm³/mol. The topological polar surface area (TPSA) is 24.5 Å². The standard InChI is InChI=1S/C15H24N2O/c1-12-5-4-6-15(13(12)2)17-9-10-18-11-14(17)7-8-16-3/h4-6,14,16H,7-11H2,1-3H3. The number of morpholine rings is 1. The van der Waals surface area contributed by atoms with Crippen LogP contribution in [0.4, 0.5) is 5.69 Å². The van der Waals surface area contributed by atoms with Gasteiger partial charge in [-0.2, -0.15) is 0 Å². The Kier molecular flexibility index (Phi) is 4.61. The number of nitrogens with one attached hydrogen (secondary N) is 1. The van der Waals surface area contributed by atoms with E-state index >= 15 is 0 Å². The highest BCUT2D eigenvalue weighted by molar-refractivity contribution is 5.57. The van der Waals surface area contributed by atoms with Gasteiger partial charge < -0.3 is 15.0 Å². The minimum atomic E-state index is 0.492. The normalized spacial score (nSPS) is 20.2. The molecule has 0 aliphatic carbocycles. The zero-order valence-corrected chi connectivity index (χ0v) is 11.7. The molecule has 1 N–H and O–H groups in total. The first-order valence-electron chi connectivity index (χ1n) is 6.79. The van der Waals surface area contributed by atoms with Gasteiger partial charge in [0.05, 0.1) is 19.3 Å². The van der Waals surface area contributed by atoms with Crippen molar-refractivity contribution in [1.29, 1.82) is 0 Å². The van der Waals surface area contributed by atoms with E-state index in [-0.39, 0.29) is 0 Å². The fraction of sp³-hybridized carbons (Fsp3) is 0.600. The van der Waals surface area contributed by atoms with Crippen molar-refractivity contribution in [1.82, 2.24) is 5.32 Å². The molecule has 1 saturated heterocycles. The Balaban J connectivity index is 2.19. The van der Waals surface area contributed by atoms with Gasteiger partial charge in [0, 0.05) is 12.2 Å². The second kappa shape index (κ2) is 6.21. The van der Waals surface area contributed by atoms with Crippen molar-refractivity contribution in [3.8, 4) is 0 Å². The van der Waals surface area contributed by atoms with Crippen molar-refractivity contribution < 1.29 is 4.74 Å². The third kappa shape index (κ3) is 2.85. The smallest absolute Gasteiger partial charge is 0.0671 e. The first-order valence-corrected chi connectivity index (χ1v) is 6.79. The molecule has 1 aromatic carbocycles. The maximum Gasteiger partial charge on any atom is 0.0671 e. The van der Waals surface area contributed by atoms with Crippen molar-refractivity contribution in [2.24, 2.45) is 0 Å². The average molecular weight is 248 g/mol. The molecule has 0 bridgehead atoms. The molecule has 1 heterocycles. The molecule has 0 amide bonds. The fourth-order valence-corrected chi connectivity index (χ4v) is 2.57. The molecule has 0 saturated carbocycles. The first-order chi connectivity index (χ1) is 8.74. The van der Waals surface area contributed by atoms with E-state index in [0.29, 0.717) is 6.04 Å². The molecule has 18 heavy (non-hydrogen) atoms. The van der Waals surface area contributed by atoms with Gasteiger partial charge in [0.2, 0.25) is 0 Å². The second-order valence-electron chi connectivity index (χ2n) is 5.03. The number of ether oxygens (including phenoxy) is 1. The van der Waals surface area contributed by atoms with Gasteiger partial charge in [0.15, 0.2) is 0 Å². The summed E-state index contributed by atoms with van der Waals surface area (Å²) in [5, 5.41) is 3.23. The zero-order chi connectivity index (χ0) is 13.0. The van der Waals surface area contributed by atoms with Gasteiger partial charge in [0.1, 0.15) is 0 Å². The summed E-state index contributed by atoms with van der Waals surface area (Å²) >= 11 is 0. The quantitative estimate of drug-likeness (QED) is 0.883. The minimum absolute atomic E-state index is 0.492. The lowest BCUT2D eigenvalue weighted by Crippen LogP contribution is -2.47. The van der Waals surface area contributed by atoms with Crippen molar-refractivity contribution in [2.75, 3.05) is 38.3 Å². The highest BCUT2D eigenvalue weighted by Crippen LogP contribution is 2.26. The van der Waals surface area contributed by atoms with Crippen molar-refractivity contribution in [2.45, 2.75) is 26.3 Å². The van der Waals surface area contributed by atoms with Crippen LogP contribution in [-0.2, 0) is 4.74 Å². The summed E-state index contributed by atoms with van der Waals surface area (Å²) in [6, 6.07) is 7.07. The lowest BCUT2D eigenvalue weighted by atomic mass is 10.0. The van der Waals surface area contributed by atoms with Crippen molar-refractivity contribution >= 4 is 5.69 Å². The predicted octanol–water partition coefficient (Wildman–Crippen LogP) is 2.12. The summed E-state index contributed by atoms with van der Waals surface area (Å²) in [6.45, 7) is 8.11. The third-order valence-electron chi connectivity index (χ3n) is 3.84. The van der Waals surface area contributed by atoms with Gasteiger partial charge in [-0.1, -0.05) is 12.1 Å². The van der Waals surface area contributed by atoms with Crippen LogP contribution in [0.3, 0.4) is 0 Å². The number of aryl methyl sites for hydroxylation is 1. The Morgan fingerprint density at radius 3 is 3.00 bits per heavy atom. The third-order valence-corrected chi connectivity index (χ3v) is 3.84. The average Bonchev–Trinajstić information content (AvgIpc) is 2.40. The van der Waals surface area contributed by atoms with Gasteiger partial charge in [0.25, 0.3) is 0 Å². The van der Waals surface area contributed by atoms with Gasteiger partial charge in [-0.15, -0.1) is 0 Å². The first kappa shape index (κ1) is 13.4. The zero-order valence-electron chi connectivity index (χ0n) is 11.7. The number of hydrogen-bond acceptors (Lipinski definition) is 3. The van der Waals surface area contributed by atoms with E-state index < -0.39 is 0 Å². The molecule has 2 rings (SSSR count). The van der Waals surface area contributed by atoms with Crippen LogP contribution in [0.1, 0.15) is 17.5 Å². The van der Waals surface area contributed by atoms with Crippen molar-refractivity contribution in [3.63, 3.8) is 0 Å². The van der Waals surface area contributed by atoms with E-state index in [1.165, 1.54) is 16.8 Å². The summed E-state index contributed by atoms with van der Waals surface area (Å²) in [5.74, 6) is 0. The van der Waals surface area contributed by atoms with Crippen LogP contribution in [0.2, 0.25) is 0 Å². The Labute approximate surface area is 110 Å². The molecular formula is C15H24N2O. The van der Waals surface area contributed by atoms with E-state index in [0.717, 1.165) is 32.7 Å². The van der Waals surface area contributed by atoms with Crippen LogP contribution < -0.4 is 10.2 Å². The maximum absolute atomic E-state index is 5.63. The highest BCUT2D eigenvalue weighted by atomic mass is 16.5. The van der Waals surface area contributed by atoms with Gasteiger partial charge >= 0.3 is 0 Å². The molecule has 0 radical (unpaired) electrons. The number of hydrogen-bond donors (Lipinski definition) is 1. The number of anilines is 1. The summed E-state index contributed by atoms with van der Waals surface area (Å²) in [5.41, 5.74) is 4.14. The van der Waals surface area contributed by atoms with E-state index in [2.05, 4.69) is 42.3 Å². The molecule has 1 fully saturated rings.